The highest BCUT2D eigenvalue weighted by atomic mass is 19.1. The van der Waals surface area contributed by atoms with Gasteiger partial charge in [-0.3, -0.25) is 19.7 Å². The lowest BCUT2D eigenvalue weighted by atomic mass is 10.1. The summed E-state index contributed by atoms with van der Waals surface area (Å²) in [6, 6.07) is 8.51. The highest BCUT2D eigenvalue weighted by molar-refractivity contribution is 5.98. The van der Waals surface area contributed by atoms with Gasteiger partial charge in [-0.05, 0) is 31.2 Å². The third-order valence-corrected chi connectivity index (χ3v) is 5.47. The van der Waals surface area contributed by atoms with Gasteiger partial charge in [0.05, 0.1) is 28.2 Å². The number of nitro benzene ring substituents is 1. The summed E-state index contributed by atoms with van der Waals surface area (Å²) >= 11 is 0. The fourth-order valence-corrected chi connectivity index (χ4v) is 3.74. The Morgan fingerprint density at radius 1 is 1.06 bits per heavy atom. The standard InChI is InChI=1S/C22H20FN5O4/c1-15(29)16-2-4-21(19(23)12-16)25-8-10-26(11-9-25)22(30)18-13-17(28(31)32)3-5-20(18)27-7-6-24-14-27/h2-7,12-14H,8-11H2,1H3. The van der Waals surface area contributed by atoms with Crippen LogP contribution in [0.3, 0.4) is 0 Å². The quantitative estimate of drug-likeness (QED) is 0.345. The van der Waals surface area contributed by atoms with Gasteiger partial charge in [0, 0.05) is 56.3 Å². The second-order valence-electron chi connectivity index (χ2n) is 7.43. The summed E-state index contributed by atoms with van der Waals surface area (Å²) < 4.78 is 16.1. The van der Waals surface area contributed by atoms with E-state index in [2.05, 4.69) is 4.98 Å². The number of hydrogen-bond acceptors (Lipinski definition) is 6. The molecular weight excluding hydrogens is 417 g/mol. The number of nitro groups is 1. The molecule has 10 heteroatoms. The van der Waals surface area contributed by atoms with Gasteiger partial charge in [0.15, 0.2) is 5.78 Å². The number of aromatic nitrogens is 2. The minimum Gasteiger partial charge on any atom is -0.366 e. The van der Waals surface area contributed by atoms with Gasteiger partial charge in [-0.2, -0.15) is 0 Å². The molecule has 0 saturated carbocycles. The van der Waals surface area contributed by atoms with E-state index >= 15 is 0 Å². The Labute approximate surface area is 182 Å². The van der Waals surface area contributed by atoms with Crippen LogP contribution in [0.5, 0.6) is 0 Å². The number of ketones is 1. The molecule has 0 bridgehead atoms. The number of imidazole rings is 1. The van der Waals surface area contributed by atoms with Crippen molar-refractivity contribution in [1.82, 2.24) is 14.5 Å². The van der Waals surface area contributed by atoms with Gasteiger partial charge in [0.1, 0.15) is 5.82 Å². The molecule has 0 N–H and O–H groups in total. The molecule has 1 aliphatic rings. The predicted molar refractivity (Wildman–Crippen MR) is 115 cm³/mol. The molecular formula is C22H20FN5O4. The lowest BCUT2D eigenvalue weighted by Gasteiger charge is -2.36. The zero-order valence-electron chi connectivity index (χ0n) is 17.3. The number of carbonyl (C=O) groups is 2. The molecule has 1 fully saturated rings. The van der Waals surface area contributed by atoms with E-state index < -0.39 is 10.7 Å². The van der Waals surface area contributed by atoms with Crippen molar-refractivity contribution in [1.29, 1.82) is 0 Å². The van der Waals surface area contributed by atoms with Crippen LogP contribution < -0.4 is 4.90 Å². The normalized spacial score (nSPS) is 13.8. The summed E-state index contributed by atoms with van der Waals surface area (Å²) in [5.74, 6) is -1.04. The molecule has 164 valence electrons. The minimum atomic E-state index is -0.542. The fraction of sp³-hybridized carbons (Fsp3) is 0.227. The van der Waals surface area contributed by atoms with Crippen LogP contribution in [0.1, 0.15) is 27.6 Å². The van der Waals surface area contributed by atoms with Gasteiger partial charge in [0.2, 0.25) is 0 Å². The van der Waals surface area contributed by atoms with Crippen molar-refractivity contribution < 1.29 is 18.9 Å². The maximum absolute atomic E-state index is 14.5. The number of amides is 1. The maximum Gasteiger partial charge on any atom is 0.270 e. The third kappa shape index (κ3) is 4.07. The molecule has 32 heavy (non-hydrogen) atoms. The number of Topliss-reactive ketones (excluding diaryl/α,β-unsaturated/α-hetero) is 1. The largest absolute Gasteiger partial charge is 0.366 e. The van der Waals surface area contributed by atoms with Crippen molar-refractivity contribution in [2.45, 2.75) is 6.92 Å². The summed E-state index contributed by atoms with van der Waals surface area (Å²) in [5, 5.41) is 11.2. The predicted octanol–water partition coefficient (Wildman–Crippen LogP) is 3.08. The van der Waals surface area contributed by atoms with Gasteiger partial charge >= 0.3 is 0 Å². The van der Waals surface area contributed by atoms with Crippen molar-refractivity contribution in [2.24, 2.45) is 0 Å². The van der Waals surface area contributed by atoms with Crippen molar-refractivity contribution >= 4 is 23.1 Å². The van der Waals surface area contributed by atoms with Crippen molar-refractivity contribution in [2.75, 3.05) is 31.1 Å². The van der Waals surface area contributed by atoms with E-state index in [1.54, 1.807) is 34.0 Å². The summed E-state index contributed by atoms with van der Waals surface area (Å²) in [6.07, 6.45) is 4.73. The van der Waals surface area contributed by atoms with Crippen LogP contribution in [0.15, 0.2) is 55.1 Å². The molecule has 1 saturated heterocycles. The Bertz CT molecular complexity index is 1190. The molecule has 1 amide bonds. The van der Waals surface area contributed by atoms with Gasteiger partial charge in [0.25, 0.3) is 11.6 Å². The molecule has 0 atom stereocenters. The van der Waals surface area contributed by atoms with Crippen LogP contribution in [-0.2, 0) is 0 Å². The number of piperazine rings is 1. The number of nitrogens with zero attached hydrogens (tertiary/aromatic N) is 5. The summed E-state index contributed by atoms with van der Waals surface area (Å²) in [7, 11) is 0. The lowest BCUT2D eigenvalue weighted by Crippen LogP contribution is -2.49. The van der Waals surface area contributed by atoms with Crippen molar-refractivity contribution in [3.05, 3.63) is 82.2 Å². The van der Waals surface area contributed by atoms with Crippen LogP contribution in [0.2, 0.25) is 0 Å². The number of halogens is 1. The molecule has 4 rings (SSSR count). The number of carbonyl (C=O) groups excluding carboxylic acids is 2. The first-order valence-corrected chi connectivity index (χ1v) is 9.96. The van der Waals surface area contributed by atoms with Crippen LogP contribution in [-0.4, -0.2) is 57.2 Å². The van der Waals surface area contributed by atoms with Gasteiger partial charge < -0.3 is 14.4 Å². The number of anilines is 1. The zero-order valence-corrected chi connectivity index (χ0v) is 17.3. The molecule has 0 spiro atoms. The number of benzene rings is 2. The van der Waals surface area contributed by atoms with Crippen molar-refractivity contribution in [3.63, 3.8) is 0 Å². The van der Waals surface area contributed by atoms with E-state index in [4.69, 9.17) is 0 Å². The molecule has 0 aliphatic carbocycles. The van der Waals surface area contributed by atoms with Crippen LogP contribution >= 0.6 is 0 Å². The van der Waals surface area contributed by atoms with Gasteiger partial charge in [-0.1, -0.05) is 0 Å². The number of rotatable bonds is 5. The van der Waals surface area contributed by atoms with Gasteiger partial charge in [-0.15, -0.1) is 0 Å². The molecule has 1 aromatic heterocycles. The average molecular weight is 437 g/mol. The summed E-state index contributed by atoms with van der Waals surface area (Å²) in [5.41, 5.74) is 1.19. The highest BCUT2D eigenvalue weighted by Gasteiger charge is 2.27. The molecule has 3 aromatic rings. The molecule has 2 aromatic carbocycles. The smallest absolute Gasteiger partial charge is 0.270 e. The SMILES string of the molecule is CC(=O)c1ccc(N2CCN(C(=O)c3cc([N+](=O)[O-])ccc3-n3ccnc3)CC2)c(F)c1. The van der Waals surface area contributed by atoms with E-state index in [9.17, 15) is 24.1 Å². The highest BCUT2D eigenvalue weighted by Crippen LogP contribution is 2.25. The third-order valence-electron chi connectivity index (χ3n) is 5.47. The van der Waals surface area contributed by atoms with Crippen molar-refractivity contribution in [3.8, 4) is 5.69 Å². The molecule has 0 radical (unpaired) electrons. The van der Waals surface area contributed by atoms with Crippen LogP contribution in [0.4, 0.5) is 15.8 Å². The first-order chi connectivity index (χ1) is 15.3. The molecule has 0 unspecified atom stereocenters. The summed E-state index contributed by atoms with van der Waals surface area (Å²) in [6.45, 7) is 2.79. The number of hydrogen-bond donors (Lipinski definition) is 0. The van der Waals surface area contributed by atoms with Gasteiger partial charge in [-0.25, -0.2) is 9.37 Å². The number of non-ortho nitro benzene ring substituents is 1. The Balaban J connectivity index is 1.54. The zero-order chi connectivity index (χ0) is 22.8. The molecule has 2 heterocycles. The lowest BCUT2D eigenvalue weighted by molar-refractivity contribution is -0.384. The van der Waals surface area contributed by atoms with E-state index in [1.807, 2.05) is 4.90 Å². The van der Waals surface area contributed by atoms with Crippen LogP contribution in [0.25, 0.3) is 5.69 Å². The minimum absolute atomic E-state index is 0.177. The first-order valence-electron chi connectivity index (χ1n) is 9.96. The average Bonchev–Trinajstić information content (AvgIpc) is 3.33. The Kier molecular flexibility index (Phi) is 5.67. The fourth-order valence-electron chi connectivity index (χ4n) is 3.74. The maximum atomic E-state index is 14.5. The van der Waals surface area contributed by atoms with E-state index in [-0.39, 0.29) is 22.9 Å². The second kappa shape index (κ2) is 8.58. The van der Waals surface area contributed by atoms with E-state index in [0.29, 0.717) is 43.1 Å². The van der Waals surface area contributed by atoms with E-state index in [1.165, 1.54) is 37.5 Å². The summed E-state index contributed by atoms with van der Waals surface area (Å²) in [4.78, 5) is 42.8. The Hall–Kier alpha value is -4.08. The topological polar surface area (TPSA) is 102 Å². The Morgan fingerprint density at radius 3 is 2.38 bits per heavy atom. The Morgan fingerprint density at radius 2 is 1.78 bits per heavy atom. The van der Waals surface area contributed by atoms with Crippen LogP contribution in [0, 0.1) is 15.9 Å². The monoisotopic (exact) mass is 437 g/mol. The second-order valence-corrected chi connectivity index (χ2v) is 7.43. The van der Waals surface area contributed by atoms with E-state index in [0.717, 1.165) is 0 Å². The first kappa shape index (κ1) is 21.2. The molecule has 9 nitrogen and oxygen atoms in total. The molecule has 1 aliphatic heterocycles.